The maximum atomic E-state index is 14.5. The second kappa shape index (κ2) is 35.8. The van der Waals surface area contributed by atoms with Gasteiger partial charge in [-0.25, -0.2) is 26.3 Å². The van der Waals surface area contributed by atoms with Crippen LogP contribution in [0.5, 0.6) is 11.5 Å². The van der Waals surface area contributed by atoms with Crippen LogP contribution in [0.25, 0.3) is 0 Å². The van der Waals surface area contributed by atoms with Gasteiger partial charge in [0.05, 0.1) is 47.3 Å². The Morgan fingerprint density at radius 1 is 0.492 bits per heavy atom. The summed E-state index contributed by atoms with van der Waals surface area (Å²) in [6.45, 7) is 20.8. The molecule has 636 valence electrons. The van der Waals surface area contributed by atoms with Gasteiger partial charge in [0, 0.05) is 70.4 Å². The zero-order valence-electron chi connectivity index (χ0n) is 70.6. The highest BCUT2D eigenvalue weighted by molar-refractivity contribution is 7.91. The van der Waals surface area contributed by atoms with Crippen LogP contribution in [0.4, 0.5) is 11.4 Å². The number of hydrogen-bond acceptors (Lipinski definition) is 14. The number of benzene rings is 8. The van der Waals surface area contributed by atoms with E-state index in [0.717, 1.165) is 106 Å². The zero-order chi connectivity index (χ0) is 84.6. The van der Waals surface area contributed by atoms with Crippen molar-refractivity contribution in [3.05, 3.63) is 262 Å². The third kappa shape index (κ3) is 18.0. The fraction of sp³-hybridized carbons (Fsp3) is 0.449. The normalized spacial score (nSPS) is 26.6. The van der Waals surface area contributed by atoms with E-state index in [-0.39, 0.29) is 81.4 Å². The third-order valence-corrected chi connectivity index (χ3v) is 41.8. The van der Waals surface area contributed by atoms with Gasteiger partial charge in [-0.05, 0) is 254 Å². The molecule has 2 saturated carbocycles. The van der Waals surface area contributed by atoms with Crippen molar-refractivity contribution in [2.45, 2.75) is 214 Å². The lowest BCUT2D eigenvalue weighted by molar-refractivity contribution is 0.0454. The smallest absolute Gasteiger partial charge is 0.264 e. The van der Waals surface area contributed by atoms with Gasteiger partial charge in [0.15, 0.2) is 0 Å². The number of sulfonamides is 2. The molecule has 8 aromatic carbocycles. The summed E-state index contributed by atoms with van der Waals surface area (Å²) in [6.07, 6.45) is 16.6. The summed E-state index contributed by atoms with van der Waals surface area (Å²) in [5.74, 6) is 0.605. The molecule has 0 aromatic heterocycles. The fourth-order valence-corrected chi connectivity index (χ4v) is 34.0. The molecular weight excluding hydrogens is 1620 g/mol. The van der Waals surface area contributed by atoms with Gasteiger partial charge < -0.3 is 38.3 Å². The number of aryl methyl sites for hydroxylation is 2. The lowest BCUT2D eigenvalue weighted by atomic mass is 9.68. The van der Waals surface area contributed by atoms with E-state index in [9.17, 15) is 36.6 Å². The van der Waals surface area contributed by atoms with Crippen LogP contribution in [0, 0.1) is 23.7 Å². The van der Waals surface area contributed by atoms with Gasteiger partial charge in [0.25, 0.3) is 28.4 Å². The predicted octanol–water partition coefficient (Wildman–Crippen LogP) is 16.7. The summed E-state index contributed by atoms with van der Waals surface area (Å²) in [6, 6.07) is 64.2. The van der Waals surface area contributed by atoms with E-state index in [1.165, 1.54) is 22.3 Å². The molecule has 2 spiro atoms. The first-order chi connectivity index (χ1) is 57.4. The molecule has 12 atom stereocenters. The molecule has 4 bridgehead atoms. The summed E-state index contributed by atoms with van der Waals surface area (Å²) in [5, 5.41) is 26.5. The van der Waals surface area contributed by atoms with E-state index in [1.54, 1.807) is 24.3 Å². The van der Waals surface area contributed by atoms with Crippen molar-refractivity contribution in [3.8, 4) is 11.5 Å². The average Bonchev–Trinajstić information content (AvgIpc) is 1.50. The number of allylic oxidation sites excluding steroid dienone is 2. The Hall–Kier alpha value is -7.87. The maximum absolute atomic E-state index is 14.5. The first kappa shape index (κ1) is 87.0. The largest absolute Gasteiger partial charge is 0.490 e. The number of anilines is 2. The molecule has 16 rings (SSSR count). The highest BCUT2D eigenvalue weighted by Gasteiger charge is 2.54. The van der Waals surface area contributed by atoms with Gasteiger partial charge in [-0.15, -0.1) is 0 Å². The number of nitrogens with one attached hydrogen (secondary N) is 2. The number of ether oxygens (including phenoxy) is 2. The molecule has 2 fully saturated rings. The topological polar surface area (TPSA) is 210 Å². The van der Waals surface area contributed by atoms with Crippen LogP contribution in [-0.4, -0.2) is 130 Å². The summed E-state index contributed by atoms with van der Waals surface area (Å²) >= 11 is 13.0. The molecular formula is C98H118Cl2N4O12S2Si2. The predicted molar refractivity (Wildman–Crippen MR) is 488 cm³/mol. The standard InChI is InChI=1S/2C49H59ClN2O6SSi/c2*1-34(58-60(48(2,3)4,40-16-7-5-8-17-40)41-18-9-6-10-19-41)28-39-15-11-12-20-45(53)42-24-21-37(42)31-52-32-49(27-13-14-35-29-38(50)23-25-43(35)49)33-57-46-26-22-36(30-44(46)52)47(54)51-59(39,55)56/h2*5-10,12,16-20,22-23,25-26,29-30,34,37,39,42,45,53H,11,13-15,21,24,27-28,31-33H2,1-4H3,(H,51,54)/b2*20-12-/t34-,37+,39+,42-,45+,49+;34-,37+,39-,42-,45+,49+/m11/s1. The van der Waals surface area contributed by atoms with Crippen LogP contribution < -0.4 is 49.5 Å². The minimum Gasteiger partial charge on any atom is -0.490 e. The first-order valence-corrected chi connectivity index (χ1v) is 51.1. The van der Waals surface area contributed by atoms with E-state index in [0.29, 0.717) is 63.7 Å². The quantitative estimate of drug-likeness (QED) is 0.0663. The molecule has 4 aliphatic carbocycles. The van der Waals surface area contributed by atoms with Crippen LogP contribution in [0.2, 0.25) is 20.1 Å². The Bertz CT molecular complexity index is 4880. The highest BCUT2D eigenvalue weighted by Crippen LogP contribution is 2.51. The molecule has 120 heavy (non-hydrogen) atoms. The average molecular weight is 1740 g/mol. The van der Waals surface area contributed by atoms with Gasteiger partial charge in [0.2, 0.25) is 20.0 Å². The van der Waals surface area contributed by atoms with Crippen LogP contribution in [-0.2, 0) is 52.6 Å². The number of rotatable bonds is 12. The van der Waals surface area contributed by atoms with Crippen molar-refractivity contribution in [2.75, 3.05) is 49.2 Å². The highest BCUT2D eigenvalue weighted by atomic mass is 35.5. The molecule has 0 radical (unpaired) electrons. The van der Waals surface area contributed by atoms with Gasteiger partial charge in [-0.2, -0.15) is 0 Å². The molecule has 4 heterocycles. The number of hydrogen-bond donors (Lipinski definition) is 4. The summed E-state index contributed by atoms with van der Waals surface area (Å²) in [7, 11) is -14.4. The van der Waals surface area contributed by atoms with Gasteiger partial charge in [-0.3, -0.25) is 9.59 Å². The van der Waals surface area contributed by atoms with E-state index < -0.39 is 83.4 Å². The first-order valence-electron chi connectivity index (χ1n) is 43.4. The van der Waals surface area contributed by atoms with Gasteiger partial charge >= 0.3 is 0 Å². The van der Waals surface area contributed by atoms with Crippen LogP contribution in [0.15, 0.2) is 218 Å². The van der Waals surface area contributed by atoms with E-state index in [1.807, 2.05) is 135 Å². The lowest BCUT2D eigenvalue weighted by Gasteiger charge is -2.45. The minimum absolute atomic E-state index is 0.0704. The fourth-order valence-electron chi connectivity index (χ4n) is 21.1. The summed E-state index contributed by atoms with van der Waals surface area (Å²) in [4.78, 5) is 33.0. The molecule has 8 aliphatic rings. The van der Waals surface area contributed by atoms with E-state index >= 15 is 0 Å². The van der Waals surface area contributed by atoms with Crippen molar-refractivity contribution in [3.63, 3.8) is 0 Å². The molecule has 4 N–H and O–H groups in total. The molecule has 16 nitrogen and oxygen atoms in total. The summed E-state index contributed by atoms with van der Waals surface area (Å²) in [5.41, 5.74) is 6.41. The number of nitrogens with zero attached hydrogens (tertiary/aromatic N) is 2. The van der Waals surface area contributed by atoms with E-state index in [2.05, 4.69) is 134 Å². The zero-order valence-corrected chi connectivity index (χ0v) is 75.7. The van der Waals surface area contributed by atoms with Gasteiger partial charge in [0.1, 0.15) is 11.5 Å². The number of halogens is 2. The van der Waals surface area contributed by atoms with Crippen LogP contribution in [0.3, 0.4) is 0 Å². The molecule has 0 saturated heterocycles. The number of carbonyl (C=O) groups is 2. The number of aliphatic hydroxyl groups excluding tert-OH is 2. The third-order valence-electron chi connectivity index (χ3n) is 27.4. The minimum atomic E-state index is -4.20. The molecule has 4 aliphatic heterocycles. The van der Waals surface area contributed by atoms with Crippen LogP contribution in [0.1, 0.15) is 188 Å². The van der Waals surface area contributed by atoms with Gasteiger partial charge in [-0.1, -0.05) is 223 Å². The molecule has 8 aromatic rings. The Morgan fingerprint density at radius 2 is 0.850 bits per heavy atom. The number of amides is 2. The van der Waals surface area contributed by atoms with Crippen molar-refractivity contribution in [1.82, 2.24) is 9.44 Å². The van der Waals surface area contributed by atoms with E-state index in [4.69, 9.17) is 41.5 Å². The Morgan fingerprint density at radius 3 is 1.18 bits per heavy atom. The molecule has 22 heteroatoms. The number of carbonyl (C=O) groups excluding carboxylic acids is 2. The Kier molecular flexibility index (Phi) is 25.9. The van der Waals surface area contributed by atoms with Crippen molar-refractivity contribution < 1.29 is 55.0 Å². The van der Waals surface area contributed by atoms with Crippen molar-refractivity contribution in [1.29, 1.82) is 0 Å². The Balaban J connectivity index is 0.000000187. The number of fused-ring (bicyclic) bond motifs is 8. The maximum Gasteiger partial charge on any atom is 0.264 e. The number of aliphatic hydroxyl groups is 2. The van der Waals surface area contributed by atoms with Crippen molar-refractivity contribution in [2.24, 2.45) is 23.7 Å². The van der Waals surface area contributed by atoms with Crippen molar-refractivity contribution >= 4 is 104 Å². The monoisotopic (exact) mass is 1730 g/mol. The second-order valence-corrected chi connectivity index (χ2v) is 50.7. The Labute approximate surface area is 723 Å². The molecule has 2 amide bonds. The summed E-state index contributed by atoms with van der Waals surface area (Å²) < 4.78 is 91.0. The SMILES string of the molecule is C[C@H](C[C@@H]1CC/C=C\[C@H](O)[C@@H]2CC[C@H]2CN2C[C@@]3(CCCc4cc(Cl)ccc43)COc3ccc(cc32)C(=O)NS1(=O)=O)O[Si](c1ccccc1)(c1ccccc1)C(C)(C)C.C[C@H](C[C@H]1CC/C=C\[C@H](O)[C@@H]2CC[C@H]2CN2C[C@@]3(CCCc4cc(Cl)ccc43)COc3ccc(cc32)C(=O)NS1(=O)=O)O[Si](c1ccccc1)(c1ccccc1)C(C)(C)C. The lowest BCUT2D eigenvalue weighted by Crippen LogP contribution is -2.67. The van der Waals surface area contributed by atoms with Crippen LogP contribution >= 0.6 is 23.2 Å². The second-order valence-electron chi connectivity index (χ2n) is 37.4. The molecule has 0 unspecified atom stereocenters.